The summed E-state index contributed by atoms with van der Waals surface area (Å²) in [7, 11) is 0. The number of hydrogen-bond donors (Lipinski definition) is 1. The molecule has 136 valence electrons. The van der Waals surface area contributed by atoms with E-state index in [0.29, 0.717) is 17.9 Å². The van der Waals surface area contributed by atoms with Crippen LogP contribution in [0.15, 0.2) is 28.8 Å². The highest BCUT2D eigenvalue weighted by atomic mass is 35.5. The highest BCUT2D eigenvalue weighted by Crippen LogP contribution is 2.30. The van der Waals surface area contributed by atoms with Crippen molar-refractivity contribution < 1.29 is 22.5 Å². The monoisotopic (exact) mass is 376 g/mol. The lowest BCUT2D eigenvalue weighted by atomic mass is 10.1. The van der Waals surface area contributed by atoms with Crippen LogP contribution in [0.4, 0.5) is 13.2 Å². The molecule has 10 heteroatoms. The van der Waals surface area contributed by atoms with Crippen molar-refractivity contribution in [2.45, 2.75) is 25.1 Å². The fourth-order valence-electron chi connectivity index (χ4n) is 2.62. The van der Waals surface area contributed by atoms with E-state index < -0.39 is 24.5 Å². The van der Waals surface area contributed by atoms with Crippen molar-refractivity contribution in [3.63, 3.8) is 0 Å². The molecule has 6 nitrogen and oxygen atoms in total. The second kappa shape index (κ2) is 7.40. The summed E-state index contributed by atoms with van der Waals surface area (Å²) in [5, 5.41) is 3.84. The molecule has 0 aliphatic carbocycles. The highest BCUT2D eigenvalue weighted by molar-refractivity contribution is 5.85. The van der Waals surface area contributed by atoms with Gasteiger partial charge in [-0.3, -0.25) is 4.79 Å². The third-order valence-electron chi connectivity index (χ3n) is 3.82. The number of benzene rings is 1. The number of alkyl halides is 3. The summed E-state index contributed by atoms with van der Waals surface area (Å²) in [6, 6.07) is 7.23. The summed E-state index contributed by atoms with van der Waals surface area (Å²) < 4.78 is 42.5. The molecule has 2 aromatic rings. The van der Waals surface area contributed by atoms with Crippen LogP contribution < -0.4 is 5.73 Å². The molecule has 0 bridgehead atoms. The summed E-state index contributed by atoms with van der Waals surface area (Å²) in [4.78, 5) is 16.7. The highest BCUT2D eigenvalue weighted by Gasteiger charge is 2.40. The van der Waals surface area contributed by atoms with Crippen LogP contribution in [0, 0.1) is 0 Å². The Balaban J connectivity index is 0.00000225. The van der Waals surface area contributed by atoms with Gasteiger partial charge < -0.3 is 15.2 Å². The molecule has 1 saturated heterocycles. The number of hydrogen-bond acceptors (Lipinski definition) is 5. The lowest BCUT2D eigenvalue weighted by molar-refractivity contribution is -0.157. The van der Waals surface area contributed by atoms with E-state index in [2.05, 4.69) is 10.1 Å². The number of likely N-dealkylation sites (tertiary alicyclic amines) is 1. The first-order chi connectivity index (χ1) is 11.4. The SMILES string of the molecule is Cl.NCc1ccc(-c2noc(C3CC(=O)N(CC(F)(F)F)C3)n2)cc1. The molecule has 25 heavy (non-hydrogen) atoms. The molecule has 1 unspecified atom stereocenters. The van der Waals surface area contributed by atoms with Crippen LogP contribution in [-0.4, -0.2) is 40.2 Å². The molecule has 1 atom stereocenters. The molecule has 1 aromatic carbocycles. The second-order valence-electron chi connectivity index (χ2n) is 5.65. The molecule has 0 saturated carbocycles. The van der Waals surface area contributed by atoms with Gasteiger partial charge in [0.2, 0.25) is 17.6 Å². The summed E-state index contributed by atoms with van der Waals surface area (Å²) in [5.74, 6) is -0.588. The molecular weight excluding hydrogens is 361 g/mol. The first kappa shape index (κ1) is 19.2. The van der Waals surface area contributed by atoms with Gasteiger partial charge in [0.1, 0.15) is 6.54 Å². The zero-order valence-corrected chi connectivity index (χ0v) is 13.8. The van der Waals surface area contributed by atoms with E-state index in [1.807, 2.05) is 12.1 Å². The van der Waals surface area contributed by atoms with E-state index in [1.54, 1.807) is 12.1 Å². The Hall–Kier alpha value is -2.13. The molecule has 1 fully saturated rings. The van der Waals surface area contributed by atoms with Crippen LogP contribution in [0.3, 0.4) is 0 Å². The van der Waals surface area contributed by atoms with E-state index in [0.717, 1.165) is 10.5 Å². The number of rotatable bonds is 4. The van der Waals surface area contributed by atoms with Crippen LogP contribution in [0.25, 0.3) is 11.4 Å². The van der Waals surface area contributed by atoms with Gasteiger partial charge in [-0.1, -0.05) is 29.4 Å². The Kier molecular flexibility index (Phi) is 5.69. The predicted octanol–water partition coefficient (Wildman–Crippen LogP) is 2.50. The molecule has 0 radical (unpaired) electrons. The molecule has 1 aliphatic rings. The average molecular weight is 377 g/mol. The quantitative estimate of drug-likeness (QED) is 0.886. The standard InChI is InChI=1S/C15H15F3N4O2.ClH/c16-15(17,18)8-22-7-11(5-12(22)23)14-20-13(21-24-14)10-3-1-9(6-19)2-4-10;/h1-4,11H,5-8,19H2;1H. The second-order valence-corrected chi connectivity index (χ2v) is 5.65. The Morgan fingerprint density at radius 2 is 1.96 bits per heavy atom. The average Bonchev–Trinajstić information content (AvgIpc) is 3.14. The summed E-state index contributed by atoms with van der Waals surface area (Å²) in [6.07, 6.45) is -4.49. The Bertz CT molecular complexity index is 733. The molecule has 3 rings (SSSR count). The summed E-state index contributed by atoms with van der Waals surface area (Å²) >= 11 is 0. The van der Waals surface area contributed by atoms with E-state index in [4.69, 9.17) is 10.3 Å². The van der Waals surface area contributed by atoms with Crippen LogP contribution in [0.5, 0.6) is 0 Å². The van der Waals surface area contributed by atoms with Crippen LogP contribution >= 0.6 is 12.4 Å². The van der Waals surface area contributed by atoms with Gasteiger partial charge in [0.25, 0.3) is 0 Å². The first-order valence-electron chi connectivity index (χ1n) is 7.33. The van der Waals surface area contributed by atoms with E-state index in [-0.39, 0.29) is 31.3 Å². The van der Waals surface area contributed by atoms with Gasteiger partial charge in [-0.25, -0.2) is 0 Å². The smallest absolute Gasteiger partial charge is 0.339 e. The van der Waals surface area contributed by atoms with E-state index >= 15 is 0 Å². The van der Waals surface area contributed by atoms with Gasteiger partial charge >= 0.3 is 6.18 Å². The minimum Gasteiger partial charge on any atom is -0.339 e. The molecule has 1 aromatic heterocycles. The summed E-state index contributed by atoms with van der Waals surface area (Å²) in [5.41, 5.74) is 7.19. The van der Waals surface area contributed by atoms with Crippen molar-refractivity contribution in [3.8, 4) is 11.4 Å². The van der Waals surface area contributed by atoms with Gasteiger partial charge in [0.15, 0.2) is 0 Å². The molecule has 1 amide bonds. The van der Waals surface area contributed by atoms with Crippen LogP contribution in [0.2, 0.25) is 0 Å². The number of carbonyl (C=O) groups is 1. The number of halogens is 4. The topological polar surface area (TPSA) is 85.2 Å². The van der Waals surface area contributed by atoms with Gasteiger partial charge in [-0.15, -0.1) is 12.4 Å². The maximum atomic E-state index is 12.4. The minimum atomic E-state index is -4.42. The Morgan fingerprint density at radius 1 is 1.28 bits per heavy atom. The molecule has 2 N–H and O–H groups in total. The fourth-order valence-corrected chi connectivity index (χ4v) is 2.62. The van der Waals surface area contributed by atoms with E-state index in [9.17, 15) is 18.0 Å². The van der Waals surface area contributed by atoms with Crippen molar-refractivity contribution in [1.29, 1.82) is 0 Å². The Labute approximate surface area is 147 Å². The number of amides is 1. The lowest BCUT2D eigenvalue weighted by Gasteiger charge is -2.17. The van der Waals surface area contributed by atoms with Crippen molar-refractivity contribution >= 4 is 18.3 Å². The van der Waals surface area contributed by atoms with Crippen molar-refractivity contribution in [2.75, 3.05) is 13.1 Å². The Morgan fingerprint density at radius 3 is 2.56 bits per heavy atom. The predicted molar refractivity (Wildman–Crippen MR) is 84.9 cm³/mol. The largest absolute Gasteiger partial charge is 0.406 e. The normalized spacial score (nSPS) is 17.7. The lowest BCUT2D eigenvalue weighted by Crippen LogP contribution is -2.35. The van der Waals surface area contributed by atoms with Gasteiger partial charge in [-0.2, -0.15) is 18.2 Å². The number of nitrogens with two attached hydrogens (primary N) is 1. The molecular formula is C15H16ClF3N4O2. The minimum absolute atomic E-state index is 0. The third kappa shape index (κ3) is 4.49. The third-order valence-corrected chi connectivity index (χ3v) is 3.82. The van der Waals surface area contributed by atoms with Crippen LogP contribution in [0.1, 0.15) is 23.8 Å². The maximum absolute atomic E-state index is 12.4. The van der Waals surface area contributed by atoms with Gasteiger partial charge in [0, 0.05) is 25.1 Å². The number of nitrogens with zero attached hydrogens (tertiary/aromatic N) is 3. The van der Waals surface area contributed by atoms with Crippen molar-refractivity contribution in [3.05, 3.63) is 35.7 Å². The first-order valence-corrected chi connectivity index (χ1v) is 7.33. The molecule has 0 spiro atoms. The molecule has 1 aliphatic heterocycles. The van der Waals surface area contributed by atoms with Gasteiger partial charge in [0.05, 0.1) is 5.92 Å². The number of carbonyl (C=O) groups excluding carboxylic acids is 1. The molecule has 2 heterocycles. The summed E-state index contributed by atoms with van der Waals surface area (Å²) in [6.45, 7) is -0.924. The number of aromatic nitrogens is 2. The van der Waals surface area contributed by atoms with Crippen LogP contribution in [-0.2, 0) is 11.3 Å². The van der Waals surface area contributed by atoms with E-state index in [1.165, 1.54) is 0 Å². The zero-order valence-electron chi connectivity index (χ0n) is 13.0. The van der Waals surface area contributed by atoms with Crippen molar-refractivity contribution in [1.82, 2.24) is 15.0 Å². The zero-order chi connectivity index (χ0) is 17.3. The maximum Gasteiger partial charge on any atom is 0.406 e. The fraction of sp³-hybridized carbons (Fsp3) is 0.400. The van der Waals surface area contributed by atoms with Gasteiger partial charge in [-0.05, 0) is 5.56 Å². The van der Waals surface area contributed by atoms with Crippen molar-refractivity contribution in [2.24, 2.45) is 5.73 Å².